The number of urea groups is 1. The van der Waals surface area contributed by atoms with Gasteiger partial charge in [0.05, 0.1) is 0 Å². The Bertz CT molecular complexity index is 239. The summed E-state index contributed by atoms with van der Waals surface area (Å²) in [5, 5.41) is 14.0. The van der Waals surface area contributed by atoms with Crippen LogP contribution in [0.3, 0.4) is 0 Å². The summed E-state index contributed by atoms with van der Waals surface area (Å²) in [7, 11) is 0. The average molecular weight is 214 g/mol. The minimum absolute atomic E-state index is 0.0327. The van der Waals surface area contributed by atoms with Crippen LogP contribution in [0.1, 0.15) is 32.6 Å². The number of nitrogens with one attached hydrogen (secondary N) is 2. The van der Waals surface area contributed by atoms with Gasteiger partial charge < -0.3 is 15.7 Å². The quantitative estimate of drug-likeness (QED) is 0.637. The summed E-state index contributed by atoms with van der Waals surface area (Å²) in [6, 6.07) is 0.136. The molecular weight excluding hydrogens is 196 g/mol. The highest BCUT2D eigenvalue weighted by Gasteiger charge is 2.19. The summed E-state index contributed by atoms with van der Waals surface area (Å²) in [5.41, 5.74) is 0. The van der Waals surface area contributed by atoms with E-state index in [0.717, 1.165) is 12.8 Å². The lowest BCUT2D eigenvalue weighted by Crippen LogP contribution is -2.46. The van der Waals surface area contributed by atoms with Crippen molar-refractivity contribution >= 4 is 12.0 Å². The number of hydrogen-bond donors (Lipinski definition) is 3. The van der Waals surface area contributed by atoms with Crippen molar-refractivity contribution in [1.82, 2.24) is 10.6 Å². The van der Waals surface area contributed by atoms with Gasteiger partial charge in [-0.05, 0) is 25.2 Å². The van der Waals surface area contributed by atoms with E-state index in [-0.39, 0.29) is 18.4 Å². The standard InChI is InChI=1S/C10H18N2O3/c1-7(5-9(13)14)6-11-10(15)12-8-3-2-4-8/h7-8H,2-6H2,1H3,(H,13,14)(H2,11,12,15). The smallest absolute Gasteiger partial charge is 0.315 e. The van der Waals surface area contributed by atoms with Crippen molar-refractivity contribution in [3.63, 3.8) is 0 Å². The number of rotatable bonds is 5. The molecule has 5 nitrogen and oxygen atoms in total. The Labute approximate surface area is 89.2 Å². The highest BCUT2D eigenvalue weighted by molar-refractivity contribution is 5.74. The number of carboxylic acid groups (broad SMARTS) is 1. The Morgan fingerprint density at radius 1 is 1.47 bits per heavy atom. The van der Waals surface area contributed by atoms with Crippen LogP contribution in [-0.4, -0.2) is 29.7 Å². The molecule has 1 aliphatic carbocycles. The first-order valence-electron chi connectivity index (χ1n) is 5.34. The van der Waals surface area contributed by atoms with E-state index in [1.165, 1.54) is 6.42 Å². The van der Waals surface area contributed by atoms with Crippen molar-refractivity contribution in [3.8, 4) is 0 Å². The van der Waals surface area contributed by atoms with Crippen LogP contribution in [0.4, 0.5) is 4.79 Å². The fourth-order valence-electron chi connectivity index (χ4n) is 1.43. The van der Waals surface area contributed by atoms with Gasteiger partial charge in [0.2, 0.25) is 0 Å². The fraction of sp³-hybridized carbons (Fsp3) is 0.800. The first kappa shape index (κ1) is 11.8. The van der Waals surface area contributed by atoms with E-state index < -0.39 is 5.97 Å². The second kappa shape index (κ2) is 5.58. The molecule has 0 bridgehead atoms. The molecule has 0 radical (unpaired) electrons. The maximum atomic E-state index is 11.3. The fourth-order valence-corrected chi connectivity index (χ4v) is 1.43. The molecule has 2 amide bonds. The number of amides is 2. The van der Waals surface area contributed by atoms with E-state index in [1.807, 2.05) is 0 Å². The second-order valence-electron chi connectivity index (χ2n) is 4.19. The van der Waals surface area contributed by atoms with Crippen LogP contribution in [0, 0.1) is 5.92 Å². The second-order valence-corrected chi connectivity index (χ2v) is 4.19. The topological polar surface area (TPSA) is 78.4 Å². The third-order valence-electron chi connectivity index (χ3n) is 2.57. The van der Waals surface area contributed by atoms with E-state index >= 15 is 0 Å². The molecule has 1 fully saturated rings. The van der Waals surface area contributed by atoms with Gasteiger partial charge in [-0.2, -0.15) is 0 Å². The van der Waals surface area contributed by atoms with Crippen LogP contribution in [0.2, 0.25) is 0 Å². The molecule has 0 aromatic rings. The van der Waals surface area contributed by atoms with Crippen molar-refractivity contribution in [2.24, 2.45) is 5.92 Å². The summed E-state index contributed by atoms with van der Waals surface area (Å²) >= 11 is 0. The molecule has 0 saturated heterocycles. The summed E-state index contributed by atoms with van der Waals surface area (Å²) in [6.45, 7) is 2.21. The SMILES string of the molecule is CC(CNC(=O)NC1CCC1)CC(=O)O. The predicted octanol–water partition coefficient (Wildman–Crippen LogP) is 0.949. The summed E-state index contributed by atoms with van der Waals surface area (Å²) in [4.78, 5) is 21.6. The van der Waals surface area contributed by atoms with Gasteiger partial charge in [0.1, 0.15) is 0 Å². The maximum Gasteiger partial charge on any atom is 0.315 e. The normalized spacial score (nSPS) is 17.7. The monoisotopic (exact) mass is 214 g/mol. The number of carboxylic acids is 1. The molecule has 1 aliphatic rings. The van der Waals surface area contributed by atoms with Gasteiger partial charge >= 0.3 is 12.0 Å². The Balaban J connectivity index is 2.07. The molecular formula is C10H18N2O3. The van der Waals surface area contributed by atoms with E-state index in [9.17, 15) is 9.59 Å². The van der Waals surface area contributed by atoms with Crippen LogP contribution in [0.5, 0.6) is 0 Å². The number of carbonyl (C=O) groups is 2. The first-order valence-corrected chi connectivity index (χ1v) is 5.34. The molecule has 3 N–H and O–H groups in total. The lowest BCUT2D eigenvalue weighted by atomic mass is 9.93. The van der Waals surface area contributed by atoms with Crippen LogP contribution in [0.25, 0.3) is 0 Å². The van der Waals surface area contributed by atoms with E-state index in [4.69, 9.17) is 5.11 Å². The molecule has 1 saturated carbocycles. The molecule has 0 aliphatic heterocycles. The maximum absolute atomic E-state index is 11.3. The molecule has 0 aromatic carbocycles. The minimum Gasteiger partial charge on any atom is -0.481 e. The van der Waals surface area contributed by atoms with E-state index in [0.29, 0.717) is 12.6 Å². The van der Waals surface area contributed by atoms with Crippen LogP contribution in [-0.2, 0) is 4.79 Å². The summed E-state index contributed by atoms with van der Waals surface area (Å²) in [5.74, 6) is -0.863. The van der Waals surface area contributed by atoms with Crippen molar-refractivity contribution < 1.29 is 14.7 Å². The predicted molar refractivity (Wildman–Crippen MR) is 55.6 cm³/mol. The zero-order chi connectivity index (χ0) is 11.3. The Hall–Kier alpha value is -1.26. The van der Waals surface area contributed by atoms with Gasteiger partial charge in [-0.1, -0.05) is 6.92 Å². The van der Waals surface area contributed by atoms with Gasteiger partial charge in [0.25, 0.3) is 0 Å². The van der Waals surface area contributed by atoms with Crippen LogP contribution in [0.15, 0.2) is 0 Å². The highest BCUT2D eigenvalue weighted by Crippen LogP contribution is 2.17. The number of carbonyl (C=O) groups excluding carboxylic acids is 1. The first-order chi connectivity index (χ1) is 7.08. The highest BCUT2D eigenvalue weighted by atomic mass is 16.4. The van der Waals surface area contributed by atoms with Crippen molar-refractivity contribution in [2.75, 3.05) is 6.54 Å². The van der Waals surface area contributed by atoms with Gasteiger partial charge in [-0.25, -0.2) is 4.79 Å². The van der Waals surface area contributed by atoms with Gasteiger partial charge in [0.15, 0.2) is 0 Å². The molecule has 1 unspecified atom stereocenters. The molecule has 1 rings (SSSR count). The van der Waals surface area contributed by atoms with Crippen LogP contribution >= 0.6 is 0 Å². The average Bonchev–Trinajstić information content (AvgIpc) is 2.07. The number of hydrogen-bond acceptors (Lipinski definition) is 2. The minimum atomic E-state index is -0.830. The zero-order valence-corrected chi connectivity index (χ0v) is 8.95. The van der Waals surface area contributed by atoms with Crippen molar-refractivity contribution in [2.45, 2.75) is 38.6 Å². The van der Waals surface area contributed by atoms with Crippen molar-refractivity contribution in [1.29, 1.82) is 0 Å². The largest absolute Gasteiger partial charge is 0.481 e. The molecule has 0 heterocycles. The Morgan fingerprint density at radius 2 is 2.13 bits per heavy atom. The molecule has 1 atom stereocenters. The molecule has 15 heavy (non-hydrogen) atoms. The zero-order valence-electron chi connectivity index (χ0n) is 8.95. The van der Waals surface area contributed by atoms with Gasteiger partial charge in [0, 0.05) is 19.0 Å². The van der Waals surface area contributed by atoms with E-state index in [1.54, 1.807) is 6.92 Å². The van der Waals surface area contributed by atoms with E-state index in [2.05, 4.69) is 10.6 Å². The summed E-state index contributed by atoms with van der Waals surface area (Å²) in [6.07, 6.45) is 3.38. The summed E-state index contributed by atoms with van der Waals surface area (Å²) < 4.78 is 0. The third-order valence-corrected chi connectivity index (χ3v) is 2.57. The van der Waals surface area contributed by atoms with Gasteiger partial charge in [-0.15, -0.1) is 0 Å². The lowest BCUT2D eigenvalue weighted by Gasteiger charge is -2.26. The van der Waals surface area contributed by atoms with Gasteiger partial charge in [-0.3, -0.25) is 4.79 Å². The Morgan fingerprint density at radius 3 is 2.60 bits per heavy atom. The van der Waals surface area contributed by atoms with Crippen LogP contribution < -0.4 is 10.6 Å². The molecule has 0 aromatic heterocycles. The number of aliphatic carboxylic acids is 1. The molecule has 0 spiro atoms. The Kier molecular flexibility index (Phi) is 4.39. The van der Waals surface area contributed by atoms with Crippen molar-refractivity contribution in [3.05, 3.63) is 0 Å². The lowest BCUT2D eigenvalue weighted by molar-refractivity contribution is -0.137. The third kappa shape index (κ3) is 4.67. The molecule has 86 valence electrons. The molecule has 5 heteroatoms.